The van der Waals surface area contributed by atoms with Crippen LogP contribution in [0.2, 0.25) is 10.0 Å². The summed E-state index contributed by atoms with van der Waals surface area (Å²) in [4.78, 5) is 8.41. The van der Waals surface area contributed by atoms with Crippen LogP contribution in [0.25, 0.3) is 0 Å². The number of nitrogens with two attached hydrogens (primary N) is 1. The van der Waals surface area contributed by atoms with Crippen molar-refractivity contribution in [1.82, 2.24) is 9.97 Å². The van der Waals surface area contributed by atoms with Crippen LogP contribution in [0, 0.1) is 6.92 Å². The Balaban J connectivity index is 2.16. The minimum Gasteiger partial charge on any atom is -0.482 e. The van der Waals surface area contributed by atoms with Gasteiger partial charge in [0.15, 0.2) is 11.6 Å². The molecule has 0 bridgehead atoms. The van der Waals surface area contributed by atoms with Crippen molar-refractivity contribution in [1.29, 1.82) is 0 Å². The third-order valence-corrected chi connectivity index (χ3v) is 2.91. The molecule has 0 aliphatic heterocycles. The number of hydrogen-bond donors (Lipinski definition) is 2. The Labute approximate surface area is 120 Å². The lowest BCUT2D eigenvalue weighted by atomic mass is 10.3. The van der Waals surface area contributed by atoms with Gasteiger partial charge in [0.1, 0.15) is 12.4 Å². The van der Waals surface area contributed by atoms with Crippen molar-refractivity contribution < 1.29 is 4.74 Å². The van der Waals surface area contributed by atoms with Gasteiger partial charge in [-0.25, -0.2) is 15.8 Å². The van der Waals surface area contributed by atoms with Crippen LogP contribution < -0.4 is 16.0 Å². The fourth-order valence-electron chi connectivity index (χ4n) is 1.53. The zero-order valence-corrected chi connectivity index (χ0v) is 11.7. The second-order valence-corrected chi connectivity index (χ2v) is 4.61. The molecule has 7 heteroatoms. The van der Waals surface area contributed by atoms with E-state index in [-0.39, 0.29) is 6.61 Å². The van der Waals surface area contributed by atoms with Crippen LogP contribution in [-0.4, -0.2) is 9.97 Å². The number of halogens is 2. The largest absolute Gasteiger partial charge is 0.482 e. The van der Waals surface area contributed by atoms with Gasteiger partial charge in [-0.3, -0.25) is 0 Å². The number of aromatic nitrogens is 2. The van der Waals surface area contributed by atoms with Gasteiger partial charge in [0, 0.05) is 11.8 Å². The van der Waals surface area contributed by atoms with Gasteiger partial charge in [-0.15, -0.1) is 0 Å². The molecule has 2 aromatic rings. The number of rotatable bonds is 4. The minimum absolute atomic E-state index is 0.153. The first-order valence-corrected chi connectivity index (χ1v) is 6.23. The van der Waals surface area contributed by atoms with Gasteiger partial charge >= 0.3 is 0 Å². The predicted molar refractivity (Wildman–Crippen MR) is 75.4 cm³/mol. The van der Waals surface area contributed by atoms with Crippen molar-refractivity contribution in [3.63, 3.8) is 0 Å². The maximum Gasteiger partial charge on any atom is 0.168 e. The molecule has 5 nitrogen and oxygen atoms in total. The standard InChI is InChI=1S/C12H12Cl2N4O/c1-7-5-10(18-15)17-11(16-7)6-19-12-8(13)3-2-4-9(12)14/h2-5H,6,15H2,1H3,(H,16,17,18). The van der Waals surface area contributed by atoms with E-state index in [0.717, 1.165) is 5.69 Å². The fourth-order valence-corrected chi connectivity index (χ4v) is 2.03. The monoisotopic (exact) mass is 298 g/mol. The Hall–Kier alpha value is -1.56. The molecule has 0 atom stereocenters. The molecule has 0 saturated heterocycles. The van der Waals surface area contributed by atoms with Crippen molar-refractivity contribution in [2.24, 2.45) is 5.84 Å². The molecule has 1 aromatic heterocycles. The van der Waals surface area contributed by atoms with Crippen LogP contribution in [0.3, 0.4) is 0 Å². The van der Waals surface area contributed by atoms with Crippen LogP contribution in [0.15, 0.2) is 24.3 Å². The molecule has 0 saturated carbocycles. The number of hydrogen-bond acceptors (Lipinski definition) is 5. The normalized spacial score (nSPS) is 10.3. The number of aryl methyl sites for hydroxylation is 1. The summed E-state index contributed by atoms with van der Waals surface area (Å²) >= 11 is 12.0. The molecule has 0 radical (unpaired) electrons. The highest BCUT2D eigenvalue weighted by Gasteiger charge is 2.08. The zero-order chi connectivity index (χ0) is 13.8. The Morgan fingerprint density at radius 2 is 1.95 bits per heavy atom. The van der Waals surface area contributed by atoms with E-state index in [1.54, 1.807) is 24.3 Å². The topological polar surface area (TPSA) is 73.1 Å². The number of nitrogens with one attached hydrogen (secondary N) is 1. The molecule has 0 aliphatic rings. The second kappa shape index (κ2) is 6.06. The van der Waals surface area contributed by atoms with E-state index in [1.807, 2.05) is 6.92 Å². The molecule has 0 fully saturated rings. The van der Waals surface area contributed by atoms with Crippen molar-refractivity contribution in [3.8, 4) is 5.75 Å². The second-order valence-electron chi connectivity index (χ2n) is 3.79. The number of benzene rings is 1. The number of anilines is 1. The number of ether oxygens (including phenoxy) is 1. The quantitative estimate of drug-likeness (QED) is 0.670. The molecule has 2 rings (SSSR count). The first-order valence-electron chi connectivity index (χ1n) is 5.48. The summed E-state index contributed by atoms with van der Waals surface area (Å²) in [7, 11) is 0. The molecule has 1 aromatic carbocycles. The van der Waals surface area contributed by atoms with Crippen molar-refractivity contribution in [3.05, 3.63) is 45.8 Å². The predicted octanol–water partition coefficient (Wildman–Crippen LogP) is 2.96. The van der Waals surface area contributed by atoms with Crippen molar-refractivity contribution in [2.75, 3.05) is 5.43 Å². The summed E-state index contributed by atoms with van der Waals surface area (Å²) < 4.78 is 5.55. The van der Waals surface area contributed by atoms with Crippen LogP contribution >= 0.6 is 23.2 Å². The van der Waals surface area contributed by atoms with Crippen LogP contribution in [0.5, 0.6) is 5.75 Å². The van der Waals surface area contributed by atoms with E-state index in [2.05, 4.69) is 15.4 Å². The molecular formula is C12H12Cl2N4O. The first kappa shape index (κ1) is 13.9. The van der Waals surface area contributed by atoms with Gasteiger partial charge in [-0.1, -0.05) is 29.3 Å². The van der Waals surface area contributed by atoms with Crippen molar-refractivity contribution in [2.45, 2.75) is 13.5 Å². The molecule has 0 amide bonds. The van der Waals surface area contributed by atoms with Crippen molar-refractivity contribution >= 4 is 29.0 Å². The average molecular weight is 299 g/mol. The zero-order valence-electron chi connectivity index (χ0n) is 10.2. The van der Waals surface area contributed by atoms with E-state index >= 15 is 0 Å². The lowest BCUT2D eigenvalue weighted by Crippen LogP contribution is -2.12. The molecule has 19 heavy (non-hydrogen) atoms. The van der Waals surface area contributed by atoms with E-state index in [9.17, 15) is 0 Å². The maximum absolute atomic E-state index is 6.00. The van der Waals surface area contributed by atoms with Crippen LogP contribution in [0.4, 0.5) is 5.82 Å². The summed E-state index contributed by atoms with van der Waals surface area (Å²) in [6.07, 6.45) is 0. The lowest BCUT2D eigenvalue weighted by Gasteiger charge is -2.10. The highest BCUT2D eigenvalue weighted by molar-refractivity contribution is 6.37. The number of hydrazine groups is 1. The van der Waals surface area contributed by atoms with Gasteiger partial charge in [0.25, 0.3) is 0 Å². The Morgan fingerprint density at radius 1 is 1.26 bits per heavy atom. The average Bonchev–Trinajstić information content (AvgIpc) is 2.37. The number of nitrogens with zero attached hydrogens (tertiary/aromatic N) is 2. The van der Waals surface area contributed by atoms with E-state index in [0.29, 0.717) is 27.4 Å². The molecule has 100 valence electrons. The van der Waals surface area contributed by atoms with E-state index in [1.165, 1.54) is 0 Å². The SMILES string of the molecule is Cc1cc(NN)nc(COc2c(Cl)cccc2Cl)n1. The first-order chi connectivity index (χ1) is 9.10. The molecule has 0 aliphatic carbocycles. The molecule has 3 N–H and O–H groups in total. The summed E-state index contributed by atoms with van der Waals surface area (Å²) in [5.41, 5.74) is 3.25. The Kier molecular flexibility index (Phi) is 4.42. The van der Waals surface area contributed by atoms with Gasteiger partial charge in [-0.2, -0.15) is 0 Å². The molecule has 1 heterocycles. The summed E-state index contributed by atoms with van der Waals surface area (Å²) in [5, 5.41) is 0.884. The lowest BCUT2D eigenvalue weighted by molar-refractivity contribution is 0.296. The molecular weight excluding hydrogens is 287 g/mol. The smallest absolute Gasteiger partial charge is 0.168 e. The Bertz CT molecular complexity index is 572. The third-order valence-electron chi connectivity index (χ3n) is 2.31. The van der Waals surface area contributed by atoms with Gasteiger partial charge < -0.3 is 10.2 Å². The summed E-state index contributed by atoms with van der Waals surface area (Å²) in [6.45, 7) is 1.99. The maximum atomic E-state index is 6.00. The van der Waals surface area contributed by atoms with Crippen LogP contribution in [0.1, 0.15) is 11.5 Å². The highest BCUT2D eigenvalue weighted by atomic mass is 35.5. The van der Waals surface area contributed by atoms with Gasteiger partial charge in [0.2, 0.25) is 0 Å². The van der Waals surface area contributed by atoms with Gasteiger partial charge in [0.05, 0.1) is 10.0 Å². The number of nitrogen functional groups attached to an aromatic ring is 1. The molecule has 0 unspecified atom stereocenters. The third kappa shape index (κ3) is 3.47. The van der Waals surface area contributed by atoms with E-state index < -0.39 is 0 Å². The van der Waals surface area contributed by atoms with Gasteiger partial charge in [-0.05, 0) is 19.1 Å². The number of para-hydroxylation sites is 1. The minimum atomic E-state index is 0.153. The highest BCUT2D eigenvalue weighted by Crippen LogP contribution is 2.32. The summed E-state index contributed by atoms with van der Waals surface area (Å²) in [6, 6.07) is 6.88. The van der Waals surface area contributed by atoms with Crippen LogP contribution in [-0.2, 0) is 6.61 Å². The Morgan fingerprint density at radius 3 is 2.58 bits per heavy atom. The summed E-state index contributed by atoms with van der Waals surface area (Å²) in [5.74, 6) is 6.75. The van der Waals surface area contributed by atoms with E-state index in [4.69, 9.17) is 33.8 Å². The fraction of sp³-hybridized carbons (Fsp3) is 0.167. The molecule has 0 spiro atoms.